The van der Waals surface area contributed by atoms with Crippen molar-refractivity contribution in [3.05, 3.63) is 28.2 Å². The van der Waals surface area contributed by atoms with Crippen molar-refractivity contribution in [1.82, 2.24) is 5.32 Å². The molecule has 1 aliphatic rings. The van der Waals surface area contributed by atoms with Gasteiger partial charge >= 0.3 is 12.0 Å². The van der Waals surface area contributed by atoms with E-state index in [9.17, 15) is 9.59 Å². The molecule has 0 spiro atoms. The average Bonchev–Trinajstić information content (AvgIpc) is 3.09. The fraction of sp³-hybridized carbons (Fsp3) is 0.385. The number of halogens is 1. The third-order valence-corrected chi connectivity index (χ3v) is 3.91. The molecule has 0 bridgehead atoms. The molecular formula is C13H15BrN2O3. The third kappa shape index (κ3) is 3.26. The highest BCUT2D eigenvalue weighted by molar-refractivity contribution is 9.10. The summed E-state index contributed by atoms with van der Waals surface area (Å²) in [6, 6.07) is 4.60. The molecule has 5 nitrogen and oxygen atoms in total. The van der Waals surface area contributed by atoms with Crippen molar-refractivity contribution in [2.75, 3.05) is 5.32 Å². The summed E-state index contributed by atoms with van der Waals surface area (Å²) in [6.45, 7) is 2.08. The quantitative estimate of drug-likeness (QED) is 0.795. The van der Waals surface area contributed by atoms with Crippen LogP contribution < -0.4 is 10.6 Å². The van der Waals surface area contributed by atoms with Gasteiger partial charge in [0.25, 0.3) is 0 Å². The van der Waals surface area contributed by atoms with Crippen molar-refractivity contribution in [3.8, 4) is 0 Å². The van der Waals surface area contributed by atoms with Crippen LogP contribution in [-0.2, 0) is 0 Å². The molecule has 0 aromatic heterocycles. The van der Waals surface area contributed by atoms with E-state index >= 15 is 0 Å². The fourth-order valence-corrected chi connectivity index (χ4v) is 2.49. The van der Waals surface area contributed by atoms with Crippen LogP contribution in [0.5, 0.6) is 0 Å². The number of hydrogen-bond acceptors (Lipinski definition) is 2. The Kier molecular flexibility index (Phi) is 4.09. The van der Waals surface area contributed by atoms with Crippen molar-refractivity contribution < 1.29 is 14.7 Å². The number of anilines is 1. The summed E-state index contributed by atoms with van der Waals surface area (Å²) in [5.41, 5.74) is 0.341. The first-order valence-corrected chi connectivity index (χ1v) is 6.91. The van der Waals surface area contributed by atoms with Gasteiger partial charge < -0.3 is 15.7 Å². The predicted molar refractivity (Wildman–Crippen MR) is 75.4 cm³/mol. The Labute approximate surface area is 119 Å². The average molecular weight is 327 g/mol. The van der Waals surface area contributed by atoms with Crippen LogP contribution in [0.4, 0.5) is 10.5 Å². The number of rotatable bonds is 4. The molecule has 0 saturated heterocycles. The lowest BCUT2D eigenvalue weighted by Gasteiger charge is -2.11. The predicted octanol–water partition coefficient (Wildman–Crippen LogP) is 3.07. The number of benzene rings is 1. The van der Waals surface area contributed by atoms with Gasteiger partial charge in [0.1, 0.15) is 0 Å². The van der Waals surface area contributed by atoms with Crippen LogP contribution in [0, 0.1) is 5.92 Å². The van der Waals surface area contributed by atoms with E-state index in [-0.39, 0.29) is 23.3 Å². The normalized spacial score (nSPS) is 20.7. The zero-order chi connectivity index (χ0) is 14.0. The van der Waals surface area contributed by atoms with E-state index < -0.39 is 5.97 Å². The maximum Gasteiger partial charge on any atom is 0.337 e. The smallest absolute Gasteiger partial charge is 0.337 e. The van der Waals surface area contributed by atoms with Crippen molar-refractivity contribution in [3.63, 3.8) is 0 Å². The zero-order valence-corrected chi connectivity index (χ0v) is 12.0. The summed E-state index contributed by atoms with van der Waals surface area (Å²) in [5, 5.41) is 14.5. The molecule has 6 heteroatoms. The first-order valence-electron chi connectivity index (χ1n) is 6.12. The Morgan fingerprint density at radius 1 is 1.47 bits per heavy atom. The molecule has 1 aromatic rings. The highest BCUT2D eigenvalue weighted by Gasteiger charge is 2.36. The first-order chi connectivity index (χ1) is 9.02. The van der Waals surface area contributed by atoms with E-state index in [1.807, 2.05) is 0 Å². The molecule has 2 rings (SSSR count). The van der Waals surface area contributed by atoms with Crippen LogP contribution in [-0.4, -0.2) is 23.1 Å². The monoisotopic (exact) mass is 326 g/mol. The number of nitrogens with one attached hydrogen (secondary N) is 2. The Morgan fingerprint density at radius 2 is 2.21 bits per heavy atom. The van der Waals surface area contributed by atoms with Gasteiger partial charge in [-0.25, -0.2) is 9.59 Å². The second kappa shape index (κ2) is 5.61. The third-order valence-electron chi connectivity index (χ3n) is 3.25. The van der Waals surface area contributed by atoms with E-state index in [0.717, 1.165) is 12.8 Å². The maximum absolute atomic E-state index is 11.8. The van der Waals surface area contributed by atoms with E-state index in [2.05, 4.69) is 33.5 Å². The van der Waals surface area contributed by atoms with Gasteiger partial charge in [0, 0.05) is 10.5 Å². The molecule has 0 aliphatic heterocycles. The summed E-state index contributed by atoms with van der Waals surface area (Å²) >= 11 is 3.25. The lowest BCUT2D eigenvalue weighted by Crippen LogP contribution is -2.32. The van der Waals surface area contributed by atoms with E-state index in [0.29, 0.717) is 10.4 Å². The van der Waals surface area contributed by atoms with Gasteiger partial charge in [-0.1, -0.05) is 19.4 Å². The number of urea groups is 1. The Bertz CT molecular complexity index is 519. The van der Waals surface area contributed by atoms with Gasteiger partial charge in [0.2, 0.25) is 0 Å². The molecular weight excluding hydrogens is 312 g/mol. The minimum Gasteiger partial charge on any atom is -0.478 e. The largest absolute Gasteiger partial charge is 0.478 e. The van der Waals surface area contributed by atoms with Crippen molar-refractivity contribution >= 4 is 33.6 Å². The minimum atomic E-state index is -1.07. The number of para-hydroxylation sites is 1. The minimum absolute atomic E-state index is 0.0624. The summed E-state index contributed by atoms with van der Waals surface area (Å²) < 4.78 is 0.547. The highest BCUT2D eigenvalue weighted by atomic mass is 79.9. The SMILES string of the molecule is CCC1CC1NC(=O)Nc1c(Br)cccc1C(=O)O. The second-order valence-electron chi connectivity index (χ2n) is 4.58. The molecule has 0 heterocycles. The molecule has 2 amide bonds. The van der Waals surface area contributed by atoms with Gasteiger partial charge in [-0.2, -0.15) is 0 Å². The number of aromatic carboxylic acids is 1. The molecule has 1 saturated carbocycles. The molecule has 0 radical (unpaired) electrons. The van der Waals surface area contributed by atoms with Crippen molar-refractivity contribution in [2.45, 2.75) is 25.8 Å². The van der Waals surface area contributed by atoms with E-state index in [4.69, 9.17) is 5.11 Å². The number of carbonyl (C=O) groups is 2. The lowest BCUT2D eigenvalue weighted by atomic mass is 10.2. The number of amides is 2. The van der Waals surface area contributed by atoms with Crippen LogP contribution in [0.25, 0.3) is 0 Å². The van der Waals surface area contributed by atoms with Crippen LogP contribution in [0.1, 0.15) is 30.1 Å². The van der Waals surface area contributed by atoms with Crippen molar-refractivity contribution in [1.29, 1.82) is 0 Å². The van der Waals surface area contributed by atoms with Gasteiger partial charge in [-0.15, -0.1) is 0 Å². The molecule has 1 aromatic carbocycles. The number of carboxylic acid groups (broad SMARTS) is 1. The summed E-state index contributed by atoms with van der Waals surface area (Å²) in [4.78, 5) is 22.9. The molecule has 1 aliphatic carbocycles. The number of hydrogen-bond donors (Lipinski definition) is 3. The van der Waals surface area contributed by atoms with Crippen LogP contribution in [0.2, 0.25) is 0 Å². The molecule has 2 unspecified atom stereocenters. The lowest BCUT2D eigenvalue weighted by molar-refractivity contribution is 0.0698. The van der Waals surface area contributed by atoms with Gasteiger partial charge in [-0.3, -0.25) is 0 Å². The Hall–Kier alpha value is -1.56. The fourth-order valence-electron chi connectivity index (χ4n) is 2.02. The molecule has 3 N–H and O–H groups in total. The topological polar surface area (TPSA) is 78.4 Å². The van der Waals surface area contributed by atoms with Crippen LogP contribution >= 0.6 is 15.9 Å². The summed E-state index contributed by atoms with van der Waals surface area (Å²) in [6.07, 6.45) is 2.03. The van der Waals surface area contributed by atoms with E-state index in [1.54, 1.807) is 12.1 Å². The van der Waals surface area contributed by atoms with Crippen LogP contribution in [0.15, 0.2) is 22.7 Å². The van der Waals surface area contributed by atoms with Gasteiger partial charge in [0.15, 0.2) is 0 Å². The van der Waals surface area contributed by atoms with Crippen molar-refractivity contribution in [2.24, 2.45) is 5.92 Å². The second-order valence-corrected chi connectivity index (χ2v) is 5.43. The van der Waals surface area contributed by atoms with Gasteiger partial charge in [-0.05, 0) is 40.4 Å². The van der Waals surface area contributed by atoms with Crippen LogP contribution in [0.3, 0.4) is 0 Å². The molecule has 102 valence electrons. The summed E-state index contributed by atoms with van der Waals surface area (Å²) in [7, 11) is 0. The number of carbonyl (C=O) groups excluding carboxylic acids is 1. The zero-order valence-electron chi connectivity index (χ0n) is 10.4. The van der Waals surface area contributed by atoms with E-state index in [1.165, 1.54) is 6.07 Å². The first kappa shape index (κ1) is 13.9. The summed E-state index contributed by atoms with van der Waals surface area (Å²) in [5.74, 6) is -0.529. The maximum atomic E-state index is 11.8. The molecule has 19 heavy (non-hydrogen) atoms. The Balaban J connectivity index is 2.06. The van der Waals surface area contributed by atoms with Gasteiger partial charge in [0.05, 0.1) is 11.3 Å². The molecule has 1 fully saturated rings. The molecule has 2 atom stereocenters. The Morgan fingerprint density at radius 3 is 2.79 bits per heavy atom. The highest BCUT2D eigenvalue weighted by Crippen LogP contribution is 2.33. The number of carboxylic acids is 1. The standard InChI is InChI=1S/C13H15BrN2O3/c1-2-7-6-10(7)15-13(19)16-11-8(12(17)18)4-3-5-9(11)14/h3-5,7,10H,2,6H2,1H3,(H,17,18)(H2,15,16,19).